The van der Waals surface area contributed by atoms with Gasteiger partial charge in [0.25, 0.3) is 0 Å². The predicted octanol–water partition coefficient (Wildman–Crippen LogP) is 1.82. The van der Waals surface area contributed by atoms with E-state index in [4.69, 9.17) is 0 Å². The summed E-state index contributed by atoms with van der Waals surface area (Å²) >= 11 is 0. The molecule has 2 aliphatic rings. The number of hydrogen-bond donors (Lipinski definition) is 0. The summed E-state index contributed by atoms with van der Waals surface area (Å²) in [7, 11) is 0. The zero-order chi connectivity index (χ0) is 14.9. The van der Waals surface area contributed by atoms with Gasteiger partial charge >= 0.3 is 0 Å². The second-order valence-corrected chi connectivity index (χ2v) is 6.23. The van der Waals surface area contributed by atoms with Gasteiger partial charge in [-0.1, -0.05) is 24.3 Å². The molecule has 0 bridgehead atoms. The van der Waals surface area contributed by atoms with E-state index in [-0.39, 0.29) is 11.8 Å². The first kappa shape index (κ1) is 13.5. The average molecular weight is 296 g/mol. The van der Waals surface area contributed by atoms with E-state index in [1.165, 1.54) is 11.1 Å². The molecule has 1 amide bonds. The van der Waals surface area contributed by atoms with E-state index in [1.54, 1.807) is 6.33 Å². The predicted molar refractivity (Wildman–Crippen MR) is 82.0 cm³/mol. The highest BCUT2D eigenvalue weighted by Gasteiger charge is 2.30. The van der Waals surface area contributed by atoms with Gasteiger partial charge in [0, 0.05) is 19.5 Å². The Balaban J connectivity index is 1.51. The Morgan fingerprint density at radius 3 is 2.95 bits per heavy atom. The highest BCUT2D eigenvalue weighted by Crippen LogP contribution is 2.24. The van der Waals surface area contributed by atoms with Crippen molar-refractivity contribution in [2.75, 3.05) is 6.54 Å². The first-order valence-corrected chi connectivity index (χ1v) is 8.03. The number of rotatable bonds is 1. The SMILES string of the molecule is O=C(C1CCc2ncnn2C1)N1CCCc2ccccc2C1. The fraction of sp³-hybridized carbons (Fsp3) is 0.471. The van der Waals surface area contributed by atoms with Crippen LogP contribution in [-0.2, 0) is 30.7 Å². The Hall–Kier alpha value is -2.17. The molecule has 5 heteroatoms. The molecule has 114 valence electrons. The monoisotopic (exact) mass is 296 g/mol. The van der Waals surface area contributed by atoms with E-state index < -0.39 is 0 Å². The molecule has 1 aromatic heterocycles. The number of benzene rings is 1. The lowest BCUT2D eigenvalue weighted by Crippen LogP contribution is -2.39. The maximum absolute atomic E-state index is 12.9. The van der Waals surface area contributed by atoms with Crippen LogP contribution in [0.3, 0.4) is 0 Å². The maximum Gasteiger partial charge on any atom is 0.227 e. The van der Waals surface area contributed by atoms with Crippen molar-refractivity contribution < 1.29 is 4.79 Å². The Bertz CT molecular complexity index is 693. The number of aromatic nitrogens is 3. The second-order valence-electron chi connectivity index (χ2n) is 6.23. The van der Waals surface area contributed by atoms with Crippen LogP contribution in [-0.4, -0.2) is 32.1 Å². The van der Waals surface area contributed by atoms with Gasteiger partial charge in [0.05, 0.1) is 12.5 Å². The van der Waals surface area contributed by atoms with Crippen LogP contribution < -0.4 is 0 Å². The zero-order valence-corrected chi connectivity index (χ0v) is 12.6. The van der Waals surface area contributed by atoms with Crippen molar-refractivity contribution in [1.82, 2.24) is 19.7 Å². The summed E-state index contributed by atoms with van der Waals surface area (Å²) in [6.45, 7) is 2.27. The van der Waals surface area contributed by atoms with Crippen LogP contribution >= 0.6 is 0 Å². The van der Waals surface area contributed by atoms with E-state index in [0.717, 1.165) is 44.6 Å². The quantitative estimate of drug-likeness (QED) is 0.806. The number of carbonyl (C=O) groups is 1. The van der Waals surface area contributed by atoms with Crippen LogP contribution in [0.15, 0.2) is 30.6 Å². The zero-order valence-electron chi connectivity index (χ0n) is 12.6. The molecular formula is C17H20N4O. The molecule has 0 spiro atoms. The van der Waals surface area contributed by atoms with Gasteiger partial charge in [0.2, 0.25) is 5.91 Å². The highest BCUT2D eigenvalue weighted by molar-refractivity contribution is 5.79. The molecule has 1 unspecified atom stereocenters. The van der Waals surface area contributed by atoms with Crippen molar-refractivity contribution >= 4 is 5.91 Å². The fourth-order valence-corrected chi connectivity index (χ4v) is 3.59. The molecule has 2 aliphatic heterocycles. The fourth-order valence-electron chi connectivity index (χ4n) is 3.59. The van der Waals surface area contributed by atoms with Crippen molar-refractivity contribution in [3.8, 4) is 0 Å². The maximum atomic E-state index is 12.9. The second kappa shape index (κ2) is 5.55. The van der Waals surface area contributed by atoms with Crippen molar-refractivity contribution in [2.24, 2.45) is 5.92 Å². The number of hydrogen-bond acceptors (Lipinski definition) is 3. The molecule has 4 rings (SSSR count). The Morgan fingerprint density at radius 2 is 2.05 bits per heavy atom. The molecule has 0 aliphatic carbocycles. The summed E-state index contributed by atoms with van der Waals surface area (Å²) < 4.78 is 1.89. The van der Waals surface area contributed by atoms with E-state index in [9.17, 15) is 4.79 Å². The highest BCUT2D eigenvalue weighted by atomic mass is 16.2. The van der Waals surface area contributed by atoms with Crippen molar-refractivity contribution in [3.05, 3.63) is 47.5 Å². The molecule has 1 aromatic carbocycles. The van der Waals surface area contributed by atoms with Gasteiger partial charge < -0.3 is 4.90 Å². The van der Waals surface area contributed by atoms with Crippen LogP contribution in [0.1, 0.15) is 29.8 Å². The Kier molecular flexibility index (Phi) is 3.41. The molecule has 0 radical (unpaired) electrons. The number of fused-ring (bicyclic) bond motifs is 2. The van der Waals surface area contributed by atoms with E-state index in [0.29, 0.717) is 6.54 Å². The van der Waals surface area contributed by atoms with Crippen molar-refractivity contribution in [3.63, 3.8) is 0 Å². The van der Waals surface area contributed by atoms with Crippen LogP contribution in [0.2, 0.25) is 0 Å². The van der Waals surface area contributed by atoms with Gasteiger partial charge in [-0.15, -0.1) is 0 Å². The van der Waals surface area contributed by atoms with Gasteiger partial charge in [-0.05, 0) is 30.4 Å². The van der Waals surface area contributed by atoms with E-state index >= 15 is 0 Å². The smallest absolute Gasteiger partial charge is 0.227 e. The van der Waals surface area contributed by atoms with Crippen LogP contribution in [0, 0.1) is 5.92 Å². The number of aryl methyl sites for hydroxylation is 2. The summed E-state index contributed by atoms with van der Waals surface area (Å²) in [6, 6.07) is 8.49. The normalized spacial score (nSPS) is 20.9. The summed E-state index contributed by atoms with van der Waals surface area (Å²) in [5, 5.41) is 4.22. The first-order chi connectivity index (χ1) is 10.8. The van der Waals surface area contributed by atoms with Gasteiger partial charge in [0.15, 0.2) is 0 Å². The van der Waals surface area contributed by atoms with Gasteiger partial charge in [-0.2, -0.15) is 5.10 Å². The Morgan fingerprint density at radius 1 is 1.18 bits per heavy atom. The van der Waals surface area contributed by atoms with E-state index in [1.807, 2.05) is 9.58 Å². The van der Waals surface area contributed by atoms with Crippen LogP contribution in [0.5, 0.6) is 0 Å². The molecule has 0 N–H and O–H groups in total. The van der Waals surface area contributed by atoms with Gasteiger partial charge in [-0.3, -0.25) is 4.79 Å². The van der Waals surface area contributed by atoms with Crippen LogP contribution in [0.4, 0.5) is 0 Å². The summed E-state index contributed by atoms with van der Waals surface area (Å²) in [5.74, 6) is 1.32. The average Bonchev–Trinajstić information content (AvgIpc) is 2.91. The minimum Gasteiger partial charge on any atom is -0.338 e. The molecular weight excluding hydrogens is 276 g/mol. The largest absolute Gasteiger partial charge is 0.338 e. The number of carbonyl (C=O) groups excluding carboxylic acids is 1. The lowest BCUT2D eigenvalue weighted by Gasteiger charge is -2.28. The standard InChI is InChI=1S/C17H20N4O/c22-17(15-7-8-16-18-12-19-21(16)11-15)20-9-3-6-13-4-1-2-5-14(13)10-20/h1-2,4-5,12,15H,3,6-11H2. The van der Waals surface area contributed by atoms with Crippen molar-refractivity contribution in [2.45, 2.75) is 38.8 Å². The van der Waals surface area contributed by atoms with Crippen molar-refractivity contribution in [1.29, 1.82) is 0 Å². The lowest BCUT2D eigenvalue weighted by atomic mass is 9.98. The molecule has 2 aromatic rings. The summed E-state index contributed by atoms with van der Waals surface area (Å²) in [4.78, 5) is 19.2. The van der Waals surface area contributed by atoms with Crippen LogP contribution in [0.25, 0.3) is 0 Å². The third kappa shape index (κ3) is 2.40. The first-order valence-electron chi connectivity index (χ1n) is 8.03. The summed E-state index contributed by atoms with van der Waals surface area (Å²) in [6.07, 6.45) is 5.43. The minimum absolute atomic E-state index is 0.0412. The molecule has 0 fully saturated rings. The minimum atomic E-state index is 0.0412. The molecule has 0 saturated heterocycles. The molecule has 5 nitrogen and oxygen atoms in total. The van der Waals surface area contributed by atoms with Gasteiger partial charge in [0.1, 0.15) is 12.2 Å². The van der Waals surface area contributed by atoms with E-state index in [2.05, 4.69) is 34.3 Å². The van der Waals surface area contributed by atoms with Gasteiger partial charge in [-0.25, -0.2) is 9.67 Å². The third-order valence-corrected chi connectivity index (χ3v) is 4.82. The number of amides is 1. The molecule has 22 heavy (non-hydrogen) atoms. The summed E-state index contributed by atoms with van der Waals surface area (Å²) in [5.41, 5.74) is 2.69. The molecule has 1 atom stereocenters. The lowest BCUT2D eigenvalue weighted by molar-refractivity contribution is -0.137. The molecule has 3 heterocycles. The third-order valence-electron chi connectivity index (χ3n) is 4.82. The number of nitrogens with zero attached hydrogens (tertiary/aromatic N) is 4. The topological polar surface area (TPSA) is 51.0 Å². The Labute approximate surface area is 130 Å². The molecule has 0 saturated carbocycles.